The van der Waals surface area contributed by atoms with Crippen LogP contribution in [0.15, 0.2) is 122 Å². The number of esters is 1. The predicted molar refractivity (Wildman–Crippen MR) is 339 cm³/mol. The van der Waals surface area contributed by atoms with Crippen LogP contribution in [0.3, 0.4) is 0 Å². The van der Waals surface area contributed by atoms with Crippen LogP contribution >= 0.6 is 7.82 Å². The topological polar surface area (TPSA) is 114 Å². The number of rotatable bonds is 56. The highest BCUT2D eigenvalue weighted by Crippen LogP contribution is 2.38. The molecule has 0 aromatic heterocycles. The van der Waals surface area contributed by atoms with Gasteiger partial charge in [-0.2, -0.15) is 0 Å². The first-order valence-corrected chi connectivity index (χ1v) is 33.3. The third-order valence-corrected chi connectivity index (χ3v) is 14.3. The smallest absolute Gasteiger partial charge is 0.306 e. The van der Waals surface area contributed by atoms with Gasteiger partial charge in [0.25, 0.3) is 7.82 Å². The summed E-state index contributed by atoms with van der Waals surface area (Å²) in [5.74, 6) is -0.599. The maximum absolute atomic E-state index is 13.5. The van der Waals surface area contributed by atoms with Gasteiger partial charge in [0.1, 0.15) is 19.3 Å². The number of likely N-dealkylation sites (N-methyl/N-ethyl adjacent to an activating group) is 1. The molecule has 0 bridgehead atoms. The van der Waals surface area contributed by atoms with Crippen LogP contribution in [0.4, 0.5) is 0 Å². The molecule has 0 fully saturated rings. The Kier molecular flexibility index (Phi) is 55.0. The quantitative estimate of drug-likeness (QED) is 0.0212. The number of phosphoric ester groups is 1. The fraction of sp³-hybridized carbons (Fsp3) is 0.681. The summed E-state index contributed by atoms with van der Waals surface area (Å²) in [6.07, 6.45) is 80.2. The maximum atomic E-state index is 13.5. The summed E-state index contributed by atoms with van der Waals surface area (Å²) < 4.78 is 30.3. The summed E-state index contributed by atoms with van der Waals surface area (Å²) in [4.78, 5) is 40.0. The highest BCUT2D eigenvalue weighted by atomic mass is 31.2. The first kappa shape index (κ1) is 75.4. The van der Waals surface area contributed by atoms with Crippen molar-refractivity contribution in [1.29, 1.82) is 0 Å². The molecule has 0 spiro atoms. The van der Waals surface area contributed by atoms with E-state index in [0.717, 1.165) is 116 Å². The predicted octanol–water partition coefficient (Wildman–Crippen LogP) is 19.3. The maximum Gasteiger partial charge on any atom is 0.306 e. The van der Waals surface area contributed by atoms with Crippen molar-refractivity contribution in [1.82, 2.24) is 5.32 Å². The summed E-state index contributed by atoms with van der Waals surface area (Å²) in [7, 11) is 1.14. The summed E-state index contributed by atoms with van der Waals surface area (Å²) in [5.41, 5.74) is 0. The number of allylic oxidation sites excluding steroid dienone is 19. The van der Waals surface area contributed by atoms with Gasteiger partial charge in [-0.25, -0.2) is 0 Å². The second-order valence-corrected chi connectivity index (χ2v) is 23.6. The fourth-order valence-electron chi connectivity index (χ4n) is 8.47. The monoisotopic (exact) mass is 1120 g/mol. The Morgan fingerprint density at radius 2 is 0.810 bits per heavy atom. The van der Waals surface area contributed by atoms with E-state index in [4.69, 9.17) is 13.8 Å². The molecule has 0 aliphatic carbocycles. The molecule has 0 heterocycles. The Hall–Kier alpha value is -3.59. The molecule has 0 aliphatic rings. The van der Waals surface area contributed by atoms with E-state index in [1.165, 1.54) is 89.9 Å². The minimum absolute atomic E-state index is 0.0369. The molecule has 452 valence electrons. The third-order valence-electron chi connectivity index (χ3n) is 13.4. The van der Waals surface area contributed by atoms with Gasteiger partial charge in [-0.1, -0.05) is 239 Å². The Balaban J connectivity index is 5.27. The van der Waals surface area contributed by atoms with E-state index in [9.17, 15) is 19.0 Å². The lowest BCUT2D eigenvalue weighted by Crippen LogP contribution is -2.47. The first-order valence-electron chi connectivity index (χ1n) is 31.8. The number of carbonyl (C=O) groups is 2. The average molecular weight is 1120 g/mol. The van der Waals surface area contributed by atoms with Gasteiger partial charge in [0.2, 0.25) is 5.91 Å². The van der Waals surface area contributed by atoms with Crippen molar-refractivity contribution < 1.29 is 37.3 Å². The van der Waals surface area contributed by atoms with Gasteiger partial charge in [-0.3, -0.25) is 14.2 Å². The van der Waals surface area contributed by atoms with E-state index in [1.54, 1.807) is 0 Å². The lowest BCUT2D eigenvalue weighted by molar-refractivity contribution is -0.870. The number of hydrogen-bond donors (Lipinski definition) is 1. The van der Waals surface area contributed by atoms with Gasteiger partial charge >= 0.3 is 5.97 Å². The lowest BCUT2D eigenvalue weighted by atomic mass is 10.1. The highest BCUT2D eigenvalue weighted by Gasteiger charge is 2.27. The van der Waals surface area contributed by atoms with Crippen molar-refractivity contribution in [2.75, 3.05) is 40.9 Å². The van der Waals surface area contributed by atoms with Crippen LogP contribution in [-0.2, 0) is 27.9 Å². The molecule has 79 heavy (non-hydrogen) atoms. The number of ether oxygens (including phenoxy) is 1. The molecule has 0 saturated carbocycles. The second kappa shape index (κ2) is 57.6. The molecule has 0 saturated heterocycles. The van der Waals surface area contributed by atoms with Crippen LogP contribution in [0.25, 0.3) is 0 Å². The number of unbranched alkanes of at least 4 members (excludes halogenated alkanes) is 22. The Morgan fingerprint density at radius 1 is 0.456 bits per heavy atom. The van der Waals surface area contributed by atoms with E-state index < -0.39 is 26.6 Å². The summed E-state index contributed by atoms with van der Waals surface area (Å²) in [6, 6.07) is -0.917. The SMILES string of the molecule is CC/C=C\C/C=C\C/C=C\C/C=C\C/C=C\CCCCCC(=O)OC(/C=C\CCCCCCCCCCC)C(COP(=O)([O-])OCC[N+](C)(C)C)NC(=O)CCCCCCCCC/C=C\C/C=C\C/C=C\C/C=C\CCCCC. The van der Waals surface area contributed by atoms with Gasteiger partial charge in [0.05, 0.1) is 33.8 Å². The standard InChI is InChI=1S/C69H119N2O7P/c1-7-10-13-16-19-22-25-27-29-31-33-34-35-36-38-39-41-43-46-49-52-55-58-61-68(72)70-66(65-77-79(74,75)76-64-63-71(4,5)6)67(60-57-54-51-48-45-24-21-18-15-12-9-3)78-69(73)62-59-56-53-50-47-44-42-40-37-32-30-28-26-23-20-17-14-11-8-2/h11,14,19-20,22-23,27-30,33-34,36-38,40,44,47,57,60,66-67H,7-10,12-13,15-18,21,24-26,31-32,35,39,41-43,45-46,48-56,58-59,61-65H2,1-6H3,(H-,70,72,74,75)/b14-11-,22-19-,23-20-,29-27-,30-28-,34-33-,38-36-,40-37-,47-44-,60-57-. The van der Waals surface area contributed by atoms with Crippen LogP contribution in [0, 0.1) is 0 Å². The van der Waals surface area contributed by atoms with Gasteiger partial charge in [-0.15, -0.1) is 0 Å². The zero-order chi connectivity index (χ0) is 57.9. The van der Waals surface area contributed by atoms with Crippen LogP contribution in [0.1, 0.15) is 252 Å². The van der Waals surface area contributed by atoms with Crippen molar-refractivity contribution in [2.24, 2.45) is 0 Å². The largest absolute Gasteiger partial charge is 0.756 e. The molecule has 10 heteroatoms. The van der Waals surface area contributed by atoms with Crippen molar-refractivity contribution in [3.63, 3.8) is 0 Å². The van der Waals surface area contributed by atoms with Crippen molar-refractivity contribution in [3.05, 3.63) is 122 Å². The summed E-state index contributed by atoms with van der Waals surface area (Å²) in [5, 5.41) is 3.01. The van der Waals surface area contributed by atoms with E-state index >= 15 is 0 Å². The number of nitrogens with one attached hydrogen (secondary N) is 1. The number of quaternary nitrogens is 1. The molecule has 0 aliphatic heterocycles. The molecule has 3 unspecified atom stereocenters. The Morgan fingerprint density at radius 3 is 1.25 bits per heavy atom. The number of amides is 1. The summed E-state index contributed by atoms with van der Waals surface area (Å²) in [6.45, 7) is 6.65. The van der Waals surface area contributed by atoms with Crippen molar-refractivity contribution >= 4 is 19.7 Å². The normalized spacial score (nSPS) is 14.5. The number of hydrogen-bond acceptors (Lipinski definition) is 7. The number of carbonyl (C=O) groups excluding carboxylic acids is 2. The molecule has 9 nitrogen and oxygen atoms in total. The molecule has 1 N–H and O–H groups in total. The van der Waals surface area contributed by atoms with Crippen LogP contribution in [0.2, 0.25) is 0 Å². The van der Waals surface area contributed by atoms with E-state index in [0.29, 0.717) is 23.9 Å². The molecule has 1 amide bonds. The number of nitrogens with zero attached hydrogens (tertiary/aromatic N) is 1. The number of phosphoric acid groups is 1. The van der Waals surface area contributed by atoms with Crippen molar-refractivity contribution in [3.8, 4) is 0 Å². The van der Waals surface area contributed by atoms with Gasteiger partial charge in [-0.05, 0) is 122 Å². The third kappa shape index (κ3) is 58.9. The zero-order valence-electron chi connectivity index (χ0n) is 51.5. The molecular formula is C69H119N2O7P. The molecule has 0 aromatic carbocycles. The average Bonchev–Trinajstić information content (AvgIpc) is 3.41. The van der Waals surface area contributed by atoms with E-state index in [2.05, 4.69) is 135 Å². The minimum Gasteiger partial charge on any atom is -0.756 e. The Labute approximate surface area is 486 Å². The van der Waals surface area contributed by atoms with Crippen LogP contribution < -0.4 is 10.2 Å². The molecule has 0 aromatic rings. The Bertz CT molecular complexity index is 1770. The first-order chi connectivity index (χ1) is 38.4. The lowest BCUT2D eigenvalue weighted by Gasteiger charge is -2.30. The van der Waals surface area contributed by atoms with Gasteiger partial charge in [0.15, 0.2) is 0 Å². The molecule has 0 rings (SSSR count). The molecule has 0 radical (unpaired) electrons. The van der Waals surface area contributed by atoms with E-state index in [-0.39, 0.29) is 31.3 Å². The molecule has 3 atom stereocenters. The van der Waals surface area contributed by atoms with Crippen LogP contribution in [-0.4, -0.2) is 69.4 Å². The fourth-order valence-corrected chi connectivity index (χ4v) is 9.19. The van der Waals surface area contributed by atoms with Crippen LogP contribution in [0.5, 0.6) is 0 Å². The summed E-state index contributed by atoms with van der Waals surface area (Å²) >= 11 is 0. The van der Waals surface area contributed by atoms with Gasteiger partial charge in [0, 0.05) is 12.8 Å². The van der Waals surface area contributed by atoms with Crippen molar-refractivity contribution in [2.45, 2.75) is 264 Å². The second-order valence-electron chi connectivity index (χ2n) is 22.2. The minimum atomic E-state index is -4.72. The molecular weight excluding hydrogens is 1000 g/mol. The highest BCUT2D eigenvalue weighted by molar-refractivity contribution is 7.45. The van der Waals surface area contributed by atoms with Gasteiger partial charge < -0.3 is 28.5 Å². The zero-order valence-corrected chi connectivity index (χ0v) is 52.4. The van der Waals surface area contributed by atoms with E-state index in [1.807, 2.05) is 33.3 Å².